The summed E-state index contributed by atoms with van der Waals surface area (Å²) in [5.74, 6) is 0.412. The average Bonchev–Trinajstić information content (AvgIpc) is 3.04. The number of H-pyrrole nitrogens is 1. The third kappa shape index (κ3) is 4.17. The SMILES string of the molecule is CS(=O)(=O)C1(C(=O)Nc2cc(C3CCCCC3)[nH]n2)CCNCC1.Cl. The van der Waals surface area contributed by atoms with Crippen LogP contribution in [-0.4, -0.2) is 48.6 Å². The summed E-state index contributed by atoms with van der Waals surface area (Å²) in [7, 11) is -3.51. The second-order valence-electron chi connectivity index (χ2n) is 7.01. The van der Waals surface area contributed by atoms with E-state index >= 15 is 0 Å². The van der Waals surface area contributed by atoms with Crippen LogP contribution in [0.15, 0.2) is 6.07 Å². The molecule has 0 aromatic carbocycles. The van der Waals surface area contributed by atoms with Gasteiger partial charge in [-0.2, -0.15) is 5.10 Å². The van der Waals surface area contributed by atoms with Crippen molar-refractivity contribution in [2.45, 2.75) is 55.6 Å². The van der Waals surface area contributed by atoms with E-state index < -0.39 is 20.5 Å². The van der Waals surface area contributed by atoms with Crippen LogP contribution in [0.4, 0.5) is 5.82 Å². The summed E-state index contributed by atoms with van der Waals surface area (Å²) in [5.41, 5.74) is 1.03. The molecule has 1 saturated heterocycles. The molecule has 3 rings (SSSR count). The molecule has 0 spiro atoms. The third-order valence-corrected chi connectivity index (χ3v) is 7.43. The number of hydrogen-bond acceptors (Lipinski definition) is 5. The Labute approximate surface area is 155 Å². The normalized spacial score (nSPS) is 21.3. The van der Waals surface area contributed by atoms with E-state index in [1.807, 2.05) is 6.07 Å². The number of amides is 1. The number of aromatic nitrogens is 2. The van der Waals surface area contributed by atoms with Gasteiger partial charge in [0, 0.05) is 23.9 Å². The third-order valence-electron chi connectivity index (χ3n) is 5.42. The van der Waals surface area contributed by atoms with Crippen molar-refractivity contribution in [3.05, 3.63) is 11.8 Å². The van der Waals surface area contributed by atoms with Crippen LogP contribution in [0.25, 0.3) is 0 Å². The van der Waals surface area contributed by atoms with Crippen LogP contribution < -0.4 is 10.6 Å². The van der Waals surface area contributed by atoms with Crippen LogP contribution in [0.5, 0.6) is 0 Å². The lowest BCUT2D eigenvalue weighted by atomic mass is 9.87. The predicted molar refractivity (Wildman–Crippen MR) is 100.0 cm³/mol. The molecule has 1 amide bonds. The molecule has 0 unspecified atom stereocenters. The molecule has 2 heterocycles. The van der Waals surface area contributed by atoms with Gasteiger partial charge in [0.2, 0.25) is 5.91 Å². The van der Waals surface area contributed by atoms with Crippen molar-refractivity contribution in [1.29, 1.82) is 0 Å². The first-order chi connectivity index (χ1) is 11.4. The van der Waals surface area contributed by atoms with Crippen LogP contribution in [0, 0.1) is 0 Å². The summed E-state index contributed by atoms with van der Waals surface area (Å²) < 4.78 is 23.2. The minimum atomic E-state index is -3.51. The van der Waals surface area contributed by atoms with Crippen molar-refractivity contribution in [2.24, 2.45) is 0 Å². The highest BCUT2D eigenvalue weighted by molar-refractivity contribution is 7.92. The molecule has 1 aromatic rings. The molecule has 142 valence electrons. The Bertz CT molecular complexity index is 692. The lowest BCUT2D eigenvalue weighted by molar-refractivity contribution is -0.119. The first-order valence-electron chi connectivity index (χ1n) is 8.69. The molecule has 0 radical (unpaired) electrons. The molecule has 0 bridgehead atoms. The number of carbonyl (C=O) groups is 1. The average molecular weight is 391 g/mol. The summed E-state index contributed by atoms with van der Waals surface area (Å²) in [4.78, 5) is 12.7. The van der Waals surface area contributed by atoms with E-state index in [-0.39, 0.29) is 25.2 Å². The van der Waals surface area contributed by atoms with Gasteiger partial charge in [0.1, 0.15) is 0 Å². The maximum absolute atomic E-state index is 12.7. The number of nitrogens with zero attached hydrogens (tertiary/aromatic N) is 1. The zero-order chi connectivity index (χ0) is 17.2. The van der Waals surface area contributed by atoms with Crippen LogP contribution >= 0.6 is 12.4 Å². The smallest absolute Gasteiger partial charge is 0.247 e. The molecule has 2 fully saturated rings. The van der Waals surface area contributed by atoms with Gasteiger partial charge in [-0.05, 0) is 38.8 Å². The minimum Gasteiger partial charge on any atom is -0.317 e. The second kappa shape index (κ2) is 8.05. The zero-order valence-corrected chi connectivity index (χ0v) is 16.1. The highest BCUT2D eigenvalue weighted by atomic mass is 35.5. The monoisotopic (exact) mass is 390 g/mol. The number of carbonyl (C=O) groups excluding carboxylic acids is 1. The summed E-state index contributed by atoms with van der Waals surface area (Å²) in [6.45, 7) is 1.04. The summed E-state index contributed by atoms with van der Waals surface area (Å²) in [5, 5.41) is 13.0. The van der Waals surface area contributed by atoms with Gasteiger partial charge in [-0.15, -0.1) is 12.4 Å². The number of sulfone groups is 1. The first-order valence-corrected chi connectivity index (χ1v) is 10.6. The summed E-state index contributed by atoms with van der Waals surface area (Å²) in [6, 6.07) is 1.85. The lowest BCUT2D eigenvalue weighted by Crippen LogP contribution is -2.55. The fourth-order valence-electron chi connectivity index (χ4n) is 3.85. The quantitative estimate of drug-likeness (QED) is 0.729. The molecule has 1 aliphatic carbocycles. The number of anilines is 1. The molecule has 1 aromatic heterocycles. The number of halogens is 1. The van der Waals surface area contributed by atoms with E-state index in [9.17, 15) is 13.2 Å². The van der Waals surface area contributed by atoms with Crippen LogP contribution in [-0.2, 0) is 14.6 Å². The molecule has 0 atom stereocenters. The predicted octanol–water partition coefficient (Wildman–Crippen LogP) is 1.98. The van der Waals surface area contributed by atoms with Gasteiger partial charge in [0.05, 0.1) is 0 Å². The Hall–Kier alpha value is -1.12. The van der Waals surface area contributed by atoms with E-state index in [2.05, 4.69) is 20.8 Å². The van der Waals surface area contributed by atoms with Crippen LogP contribution in [0.1, 0.15) is 56.6 Å². The van der Waals surface area contributed by atoms with Gasteiger partial charge in [0.25, 0.3) is 0 Å². The van der Waals surface area contributed by atoms with E-state index in [1.165, 1.54) is 19.3 Å². The number of hydrogen-bond donors (Lipinski definition) is 3. The fraction of sp³-hybridized carbons (Fsp3) is 0.750. The number of rotatable bonds is 4. The molecule has 7 nitrogen and oxygen atoms in total. The zero-order valence-electron chi connectivity index (χ0n) is 14.5. The molecular weight excluding hydrogens is 364 g/mol. The van der Waals surface area contributed by atoms with E-state index in [1.54, 1.807) is 0 Å². The number of piperidine rings is 1. The Balaban J connectivity index is 0.00000225. The molecule has 25 heavy (non-hydrogen) atoms. The summed E-state index contributed by atoms with van der Waals surface area (Å²) >= 11 is 0. The van der Waals surface area contributed by atoms with Gasteiger partial charge in [-0.25, -0.2) is 8.42 Å². The van der Waals surface area contributed by atoms with Crippen molar-refractivity contribution in [3.8, 4) is 0 Å². The van der Waals surface area contributed by atoms with Crippen molar-refractivity contribution in [3.63, 3.8) is 0 Å². The first kappa shape index (κ1) is 20.2. The standard InChI is InChI=1S/C16H26N4O3S.ClH/c1-24(22,23)16(7-9-17-10-8-16)15(21)18-14-11-13(19-20-14)12-5-3-2-4-6-12;/h11-12,17H,2-10H2,1H3,(H2,18,19,20,21);1H. The fourth-order valence-corrected chi connectivity index (χ4v) is 5.18. The van der Waals surface area contributed by atoms with Crippen molar-refractivity contribution in [2.75, 3.05) is 24.7 Å². The van der Waals surface area contributed by atoms with Gasteiger partial charge in [0.15, 0.2) is 20.4 Å². The topological polar surface area (TPSA) is 104 Å². The summed E-state index contributed by atoms with van der Waals surface area (Å²) in [6.07, 6.45) is 7.71. The Morgan fingerprint density at radius 3 is 2.48 bits per heavy atom. The van der Waals surface area contributed by atoms with Crippen molar-refractivity contribution in [1.82, 2.24) is 15.5 Å². The molecule has 1 aliphatic heterocycles. The highest BCUT2D eigenvalue weighted by Gasteiger charge is 2.48. The van der Waals surface area contributed by atoms with Gasteiger partial charge in [-0.3, -0.25) is 9.89 Å². The minimum absolute atomic E-state index is 0. The lowest BCUT2D eigenvalue weighted by Gasteiger charge is -2.34. The Morgan fingerprint density at radius 1 is 1.24 bits per heavy atom. The van der Waals surface area contributed by atoms with E-state index in [0.29, 0.717) is 24.8 Å². The Kier molecular flexibility index (Phi) is 6.51. The van der Waals surface area contributed by atoms with Gasteiger partial charge < -0.3 is 10.6 Å². The van der Waals surface area contributed by atoms with Crippen LogP contribution in [0.2, 0.25) is 0 Å². The highest BCUT2D eigenvalue weighted by Crippen LogP contribution is 2.33. The maximum Gasteiger partial charge on any atom is 0.247 e. The largest absolute Gasteiger partial charge is 0.317 e. The molecular formula is C16H27ClN4O3S. The molecule has 2 aliphatic rings. The van der Waals surface area contributed by atoms with Crippen molar-refractivity contribution >= 4 is 34.0 Å². The second-order valence-corrected chi connectivity index (χ2v) is 9.34. The molecule has 9 heteroatoms. The Morgan fingerprint density at radius 2 is 1.88 bits per heavy atom. The van der Waals surface area contributed by atoms with Gasteiger partial charge >= 0.3 is 0 Å². The van der Waals surface area contributed by atoms with E-state index in [0.717, 1.165) is 24.8 Å². The van der Waals surface area contributed by atoms with Gasteiger partial charge in [-0.1, -0.05) is 19.3 Å². The number of nitrogens with one attached hydrogen (secondary N) is 3. The van der Waals surface area contributed by atoms with Crippen LogP contribution in [0.3, 0.4) is 0 Å². The van der Waals surface area contributed by atoms with E-state index in [4.69, 9.17) is 0 Å². The van der Waals surface area contributed by atoms with Crippen molar-refractivity contribution < 1.29 is 13.2 Å². The maximum atomic E-state index is 12.7. The number of aromatic amines is 1. The molecule has 3 N–H and O–H groups in total. The molecule has 1 saturated carbocycles.